The van der Waals surface area contributed by atoms with Gasteiger partial charge in [-0.15, -0.1) is 0 Å². The molecule has 1 aliphatic carbocycles. The highest BCUT2D eigenvalue weighted by molar-refractivity contribution is 5.98. The Morgan fingerprint density at radius 3 is 2.30 bits per heavy atom. The minimum Gasteiger partial charge on any atom is -0.357 e. The van der Waals surface area contributed by atoms with Crippen molar-refractivity contribution in [1.82, 2.24) is 24.4 Å². The molecule has 0 unspecified atom stereocenters. The van der Waals surface area contributed by atoms with Gasteiger partial charge in [0.1, 0.15) is 29.1 Å². The predicted molar refractivity (Wildman–Crippen MR) is 163 cm³/mol. The third-order valence-corrected chi connectivity index (χ3v) is 8.19. The fourth-order valence-electron chi connectivity index (χ4n) is 5.63. The first-order chi connectivity index (χ1) is 22.3. The highest BCUT2D eigenvalue weighted by Gasteiger charge is 2.47. The smallest absolute Gasteiger partial charge is 0.357 e. The van der Waals surface area contributed by atoms with Crippen molar-refractivity contribution in [3.05, 3.63) is 92.5 Å². The molecule has 1 aliphatic rings. The average molecular weight is 659 g/mol. The van der Waals surface area contributed by atoms with E-state index >= 15 is 8.78 Å². The number of benzene rings is 1. The van der Waals surface area contributed by atoms with Crippen LogP contribution >= 0.6 is 0 Å². The van der Waals surface area contributed by atoms with Crippen LogP contribution in [0.4, 0.5) is 27.6 Å². The summed E-state index contributed by atoms with van der Waals surface area (Å²) in [5.41, 5.74) is -1.91. The number of anilines is 1. The number of aryl methyl sites for hydroxylation is 1. The Kier molecular flexibility index (Phi) is 9.27. The largest absolute Gasteiger partial charge is 0.408 e. The summed E-state index contributed by atoms with van der Waals surface area (Å²) >= 11 is 0. The summed E-state index contributed by atoms with van der Waals surface area (Å²) in [6, 6.07) is 2.01. The molecular weight excluding hydrogens is 627 g/mol. The molecule has 15 heteroatoms. The number of nitrogens with zero attached hydrogens (tertiary/aromatic N) is 5. The molecule has 2 atom stereocenters. The summed E-state index contributed by atoms with van der Waals surface area (Å²) in [6.45, 7) is 2.87. The zero-order chi connectivity index (χ0) is 34.2. The standard InChI is InChI=1S/C32H31F5N6O4/c1-4-25(44)23(12-17-6-9-27(39-15-17)43-30(46)20-10-11-38-16-24(20)41(3)31(43)47)40-29(45)28-21(33)13-19(14-22(28)34)42(18-7-8-18)26(5-2)32(35,36)37/h6,9-11,13-16,18,23,26H,4-5,7-8,12H2,1-3H3,(H,40,45)/t23-,26+/m0/s1. The number of rotatable bonds is 11. The summed E-state index contributed by atoms with van der Waals surface area (Å²) in [7, 11) is 1.48. The van der Waals surface area contributed by atoms with E-state index in [1.165, 1.54) is 62.3 Å². The van der Waals surface area contributed by atoms with Crippen LogP contribution in [-0.2, 0) is 18.3 Å². The van der Waals surface area contributed by atoms with Gasteiger partial charge in [-0.3, -0.25) is 23.9 Å². The average Bonchev–Trinajstić information content (AvgIpc) is 3.87. The second-order valence-corrected chi connectivity index (χ2v) is 11.3. The SMILES string of the molecule is CCC(=O)[C@H](Cc1ccc(-n2c(=O)c3ccncc3n(C)c2=O)nc1)NC(=O)c1c(F)cc(N(C2CC2)[C@H](CC)C(F)(F)F)cc1F. The molecule has 0 saturated heterocycles. The first-order valence-corrected chi connectivity index (χ1v) is 14.9. The van der Waals surface area contributed by atoms with Gasteiger partial charge in [0.25, 0.3) is 11.5 Å². The van der Waals surface area contributed by atoms with E-state index in [-0.39, 0.29) is 36.2 Å². The summed E-state index contributed by atoms with van der Waals surface area (Å²) in [4.78, 5) is 61.0. The summed E-state index contributed by atoms with van der Waals surface area (Å²) in [5.74, 6) is -4.46. The van der Waals surface area contributed by atoms with E-state index in [4.69, 9.17) is 0 Å². The highest BCUT2D eigenvalue weighted by atomic mass is 19.4. The van der Waals surface area contributed by atoms with E-state index < -0.39 is 64.4 Å². The van der Waals surface area contributed by atoms with Crippen LogP contribution in [0.15, 0.2) is 58.5 Å². The van der Waals surface area contributed by atoms with E-state index in [2.05, 4.69) is 15.3 Å². The lowest BCUT2D eigenvalue weighted by molar-refractivity contribution is -0.149. The molecule has 0 radical (unpaired) electrons. The Labute approximate surface area is 264 Å². The van der Waals surface area contributed by atoms with Gasteiger partial charge in [-0.1, -0.05) is 19.9 Å². The zero-order valence-corrected chi connectivity index (χ0v) is 25.6. The molecule has 0 aliphatic heterocycles. The molecule has 4 aromatic rings. The monoisotopic (exact) mass is 658 g/mol. The van der Waals surface area contributed by atoms with Crippen molar-refractivity contribution in [3.63, 3.8) is 0 Å². The number of amides is 1. The molecule has 0 spiro atoms. The first kappa shape index (κ1) is 33.4. The maximum atomic E-state index is 15.3. The number of carbonyl (C=O) groups excluding carboxylic acids is 2. The number of hydrogen-bond acceptors (Lipinski definition) is 7. The molecule has 1 amide bonds. The van der Waals surface area contributed by atoms with Gasteiger partial charge in [-0.05, 0) is 49.1 Å². The minimum atomic E-state index is -4.64. The van der Waals surface area contributed by atoms with Crippen LogP contribution in [0.1, 0.15) is 55.5 Å². The molecule has 1 saturated carbocycles. The van der Waals surface area contributed by atoms with Crippen molar-refractivity contribution in [2.24, 2.45) is 7.05 Å². The van der Waals surface area contributed by atoms with Gasteiger partial charge in [0.05, 0.1) is 23.1 Å². The van der Waals surface area contributed by atoms with E-state index in [1.807, 2.05) is 0 Å². The van der Waals surface area contributed by atoms with Crippen LogP contribution in [0, 0.1) is 11.6 Å². The van der Waals surface area contributed by atoms with Crippen molar-refractivity contribution in [1.29, 1.82) is 0 Å². The number of aromatic nitrogens is 4. The number of hydrogen-bond donors (Lipinski definition) is 1. The van der Waals surface area contributed by atoms with Crippen molar-refractivity contribution in [2.75, 3.05) is 4.90 Å². The van der Waals surface area contributed by atoms with Gasteiger partial charge >= 0.3 is 11.9 Å². The molecular formula is C32H31F5N6O4. The first-order valence-electron chi connectivity index (χ1n) is 14.9. The summed E-state index contributed by atoms with van der Waals surface area (Å²) < 4.78 is 73.9. The molecule has 5 rings (SSSR count). The number of alkyl halides is 3. The fraction of sp³-hybridized carbons (Fsp3) is 0.375. The molecule has 3 heterocycles. The topological polar surface area (TPSA) is 119 Å². The highest BCUT2D eigenvalue weighted by Crippen LogP contribution is 2.40. The van der Waals surface area contributed by atoms with E-state index in [0.29, 0.717) is 36.1 Å². The third-order valence-electron chi connectivity index (χ3n) is 8.19. The molecule has 0 bridgehead atoms. The second kappa shape index (κ2) is 13.0. The number of halogens is 5. The third kappa shape index (κ3) is 6.65. The molecule has 10 nitrogen and oxygen atoms in total. The Bertz CT molecular complexity index is 1930. The van der Waals surface area contributed by atoms with Gasteiger partial charge in [-0.25, -0.2) is 23.1 Å². The lowest BCUT2D eigenvalue weighted by Gasteiger charge is -2.35. The summed E-state index contributed by atoms with van der Waals surface area (Å²) in [6.07, 6.45) is -0.194. The van der Waals surface area contributed by atoms with Crippen molar-refractivity contribution in [2.45, 2.75) is 70.3 Å². The number of fused-ring (bicyclic) bond motifs is 1. The van der Waals surface area contributed by atoms with Crippen LogP contribution in [-0.4, -0.2) is 55.1 Å². The molecule has 248 valence electrons. The van der Waals surface area contributed by atoms with Gasteiger partial charge in [0.15, 0.2) is 5.78 Å². The van der Waals surface area contributed by atoms with Crippen LogP contribution in [0.5, 0.6) is 0 Å². The zero-order valence-electron chi connectivity index (χ0n) is 25.6. The minimum absolute atomic E-state index is 0.000717. The lowest BCUT2D eigenvalue weighted by atomic mass is 10.0. The van der Waals surface area contributed by atoms with Gasteiger partial charge in [-0.2, -0.15) is 13.2 Å². The second-order valence-electron chi connectivity index (χ2n) is 11.3. The van der Waals surface area contributed by atoms with E-state index in [9.17, 15) is 32.3 Å². The Hall–Kier alpha value is -4.95. The lowest BCUT2D eigenvalue weighted by Crippen LogP contribution is -2.47. The van der Waals surface area contributed by atoms with Crippen LogP contribution in [0.25, 0.3) is 16.7 Å². The quantitative estimate of drug-likeness (QED) is 0.238. The van der Waals surface area contributed by atoms with Gasteiger partial charge < -0.3 is 10.2 Å². The molecule has 1 aromatic carbocycles. The molecule has 3 aromatic heterocycles. The molecule has 1 N–H and O–H groups in total. The number of carbonyl (C=O) groups is 2. The molecule has 47 heavy (non-hydrogen) atoms. The van der Waals surface area contributed by atoms with Gasteiger partial charge in [0.2, 0.25) is 0 Å². The Morgan fingerprint density at radius 1 is 1.06 bits per heavy atom. The van der Waals surface area contributed by atoms with Crippen molar-refractivity contribution < 1.29 is 31.5 Å². The number of Topliss-reactive ketones (excluding diaryl/α,β-unsaturated/α-hetero) is 1. The Balaban J connectivity index is 1.39. The van der Waals surface area contributed by atoms with Gasteiger partial charge in [0, 0.05) is 44.0 Å². The maximum absolute atomic E-state index is 15.3. The predicted octanol–water partition coefficient (Wildman–Crippen LogP) is 4.39. The van der Waals surface area contributed by atoms with Crippen molar-refractivity contribution in [3.8, 4) is 5.82 Å². The molecule has 1 fully saturated rings. The normalized spacial score (nSPS) is 14.6. The number of pyridine rings is 2. The summed E-state index contributed by atoms with van der Waals surface area (Å²) in [5, 5.41) is 2.58. The fourth-order valence-corrected chi connectivity index (χ4v) is 5.63. The van der Waals surface area contributed by atoms with E-state index in [0.717, 1.165) is 9.47 Å². The van der Waals surface area contributed by atoms with E-state index in [1.54, 1.807) is 0 Å². The number of nitrogens with one attached hydrogen (secondary N) is 1. The van der Waals surface area contributed by atoms with Crippen LogP contribution in [0.2, 0.25) is 0 Å². The van der Waals surface area contributed by atoms with Crippen molar-refractivity contribution >= 4 is 28.3 Å². The van der Waals surface area contributed by atoms with Crippen LogP contribution in [0.3, 0.4) is 0 Å². The maximum Gasteiger partial charge on any atom is 0.408 e. The van der Waals surface area contributed by atoms with Crippen LogP contribution < -0.4 is 21.5 Å². The number of ketones is 1. The Morgan fingerprint density at radius 2 is 1.74 bits per heavy atom.